The molecule has 110 valence electrons. The van der Waals surface area contributed by atoms with Gasteiger partial charge in [0, 0.05) is 11.4 Å². The van der Waals surface area contributed by atoms with E-state index in [0.717, 1.165) is 0 Å². The molecule has 1 amide bonds. The van der Waals surface area contributed by atoms with Gasteiger partial charge in [-0.2, -0.15) is 4.98 Å². The van der Waals surface area contributed by atoms with Crippen LogP contribution in [0.25, 0.3) is 0 Å². The Bertz CT molecular complexity index is 740. The summed E-state index contributed by atoms with van der Waals surface area (Å²) >= 11 is 6.01. The van der Waals surface area contributed by atoms with E-state index >= 15 is 0 Å². The van der Waals surface area contributed by atoms with Gasteiger partial charge >= 0.3 is 5.69 Å². The summed E-state index contributed by atoms with van der Waals surface area (Å²) < 4.78 is 1.36. The Balaban J connectivity index is 2.29. The maximum Gasteiger partial charge on any atom is 0.348 e. The van der Waals surface area contributed by atoms with Crippen LogP contribution in [0.2, 0.25) is 5.02 Å². The van der Waals surface area contributed by atoms with Crippen molar-refractivity contribution in [1.82, 2.24) is 9.55 Å². The third-order valence-electron chi connectivity index (χ3n) is 3.17. The van der Waals surface area contributed by atoms with Gasteiger partial charge < -0.3 is 5.32 Å². The number of para-hydroxylation sites is 1. The number of anilines is 1. The lowest BCUT2D eigenvalue weighted by molar-refractivity contribution is -0.118. The Labute approximate surface area is 127 Å². The zero-order valence-electron chi connectivity index (χ0n) is 12.1. The molecule has 0 radical (unpaired) electrons. The highest BCUT2D eigenvalue weighted by Gasteiger charge is 2.19. The van der Waals surface area contributed by atoms with Gasteiger partial charge in [0.25, 0.3) is 0 Å². The number of rotatable bonds is 3. The molecule has 0 aliphatic carbocycles. The zero-order valence-corrected chi connectivity index (χ0v) is 12.8. The van der Waals surface area contributed by atoms with Crippen LogP contribution in [0.3, 0.4) is 0 Å². The number of halogens is 1. The van der Waals surface area contributed by atoms with Gasteiger partial charge in [-0.25, -0.2) is 4.79 Å². The summed E-state index contributed by atoms with van der Waals surface area (Å²) in [6, 6.07) is 8.03. The van der Waals surface area contributed by atoms with Crippen molar-refractivity contribution in [3.05, 3.63) is 57.2 Å². The van der Waals surface area contributed by atoms with Crippen LogP contribution < -0.4 is 11.0 Å². The van der Waals surface area contributed by atoms with Crippen molar-refractivity contribution >= 4 is 23.2 Å². The Morgan fingerprint density at radius 3 is 2.62 bits per heavy atom. The number of amides is 1. The third-order valence-corrected chi connectivity index (χ3v) is 3.50. The molecular weight excluding hydrogens is 290 g/mol. The molecule has 2 rings (SSSR count). The highest BCUT2D eigenvalue weighted by Crippen LogP contribution is 2.21. The number of carbonyl (C=O) groups is 1. The second-order valence-corrected chi connectivity index (χ2v) is 5.24. The third kappa shape index (κ3) is 3.31. The number of benzene rings is 1. The van der Waals surface area contributed by atoms with Crippen LogP contribution in [0.4, 0.5) is 5.69 Å². The fourth-order valence-corrected chi connectivity index (χ4v) is 2.33. The molecule has 0 unspecified atom stereocenters. The van der Waals surface area contributed by atoms with E-state index in [1.54, 1.807) is 51.1 Å². The first-order valence-corrected chi connectivity index (χ1v) is 6.90. The number of carbonyl (C=O) groups excluding carboxylic acids is 1. The largest absolute Gasteiger partial charge is 0.348 e. The van der Waals surface area contributed by atoms with Crippen molar-refractivity contribution in [3.63, 3.8) is 0 Å². The molecule has 1 atom stereocenters. The topological polar surface area (TPSA) is 64.0 Å². The molecule has 0 saturated carbocycles. The minimum Gasteiger partial charge on any atom is -0.323 e. The lowest BCUT2D eigenvalue weighted by Gasteiger charge is -2.17. The van der Waals surface area contributed by atoms with Crippen LogP contribution in [0.1, 0.15) is 24.4 Å². The summed E-state index contributed by atoms with van der Waals surface area (Å²) in [6.45, 7) is 5.17. The average Bonchev–Trinajstić information content (AvgIpc) is 2.40. The number of aryl methyl sites for hydroxylation is 2. The molecule has 6 heteroatoms. The fourth-order valence-electron chi connectivity index (χ4n) is 2.15. The first-order valence-electron chi connectivity index (χ1n) is 6.52. The van der Waals surface area contributed by atoms with Crippen molar-refractivity contribution in [3.8, 4) is 0 Å². The summed E-state index contributed by atoms with van der Waals surface area (Å²) in [5.74, 6) is -0.320. The SMILES string of the molecule is Cc1cc(C)n([C@H](C)C(=O)Nc2ccccc2Cl)c(=O)n1. The van der Waals surface area contributed by atoms with Gasteiger partial charge in [0.15, 0.2) is 0 Å². The van der Waals surface area contributed by atoms with Crippen molar-refractivity contribution in [2.45, 2.75) is 26.8 Å². The van der Waals surface area contributed by atoms with E-state index in [2.05, 4.69) is 10.3 Å². The molecule has 5 nitrogen and oxygen atoms in total. The first kappa shape index (κ1) is 15.3. The Kier molecular flexibility index (Phi) is 4.43. The van der Waals surface area contributed by atoms with Crippen LogP contribution in [0.5, 0.6) is 0 Å². The molecule has 2 aromatic rings. The first-order chi connectivity index (χ1) is 9.90. The lowest BCUT2D eigenvalue weighted by Crippen LogP contribution is -2.34. The summed E-state index contributed by atoms with van der Waals surface area (Å²) in [4.78, 5) is 28.1. The molecule has 21 heavy (non-hydrogen) atoms. The molecular formula is C15H16ClN3O2. The second kappa shape index (κ2) is 6.10. The van der Waals surface area contributed by atoms with Gasteiger partial charge in [-0.1, -0.05) is 23.7 Å². The predicted molar refractivity (Wildman–Crippen MR) is 82.8 cm³/mol. The maximum atomic E-state index is 12.3. The van der Waals surface area contributed by atoms with Crippen molar-refractivity contribution in [1.29, 1.82) is 0 Å². The number of nitrogens with one attached hydrogen (secondary N) is 1. The monoisotopic (exact) mass is 305 g/mol. The highest BCUT2D eigenvalue weighted by molar-refractivity contribution is 6.33. The standard InChI is InChI=1S/C15H16ClN3O2/c1-9-8-10(2)19(15(21)17-9)11(3)14(20)18-13-7-5-4-6-12(13)16/h4-8,11H,1-3H3,(H,18,20)/t11-/m1/s1. The molecule has 0 bridgehead atoms. The van der Waals surface area contributed by atoms with Gasteiger partial charge in [0.05, 0.1) is 10.7 Å². The molecule has 0 aliphatic heterocycles. The van der Waals surface area contributed by atoms with Gasteiger partial charge in [-0.05, 0) is 39.0 Å². The lowest BCUT2D eigenvalue weighted by atomic mass is 10.2. The Morgan fingerprint density at radius 2 is 2.00 bits per heavy atom. The number of hydrogen-bond donors (Lipinski definition) is 1. The predicted octanol–water partition coefficient (Wildman–Crippen LogP) is 2.71. The molecule has 1 heterocycles. The molecule has 0 saturated heterocycles. The van der Waals surface area contributed by atoms with Crippen LogP contribution in [0.15, 0.2) is 35.1 Å². The molecule has 1 N–H and O–H groups in total. The maximum absolute atomic E-state index is 12.3. The summed E-state index contributed by atoms with van der Waals surface area (Å²) in [7, 11) is 0. The summed E-state index contributed by atoms with van der Waals surface area (Å²) in [5.41, 5.74) is 1.40. The van der Waals surface area contributed by atoms with E-state index in [1.165, 1.54) is 4.57 Å². The van der Waals surface area contributed by atoms with Gasteiger partial charge in [0.2, 0.25) is 5.91 Å². The van der Waals surface area contributed by atoms with Gasteiger partial charge in [-0.3, -0.25) is 9.36 Å². The molecule has 0 spiro atoms. The summed E-state index contributed by atoms with van der Waals surface area (Å²) in [5, 5.41) is 3.17. The minimum absolute atomic E-state index is 0.320. The Hall–Kier alpha value is -2.14. The molecule has 1 aromatic heterocycles. The van der Waals surface area contributed by atoms with E-state index in [4.69, 9.17) is 11.6 Å². The normalized spacial score (nSPS) is 12.0. The number of hydrogen-bond acceptors (Lipinski definition) is 3. The van der Waals surface area contributed by atoms with E-state index in [-0.39, 0.29) is 5.91 Å². The average molecular weight is 306 g/mol. The van der Waals surface area contributed by atoms with Crippen LogP contribution >= 0.6 is 11.6 Å². The van der Waals surface area contributed by atoms with Crippen molar-refractivity contribution in [2.24, 2.45) is 0 Å². The van der Waals surface area contributed by atoms with E-state index in [0.29, 0.717) is 22.1 Å². The van der Waals surface area contributed by atoms with Crippen molar-refractivity contribution < 1.29 is 4.79 Å². The zero-order chi connectivity index (χ0) is 15.6. The molecule has 0 fully saturated rings. The van der Waals surface area contributed by atoms with Crippen LogP contribution in [-0.4, -0.2) is 15.5 Å². The van der Waals surface area contributed by atoms with Crippen LogP contribution in [-0.2, 0) is 4.79 Å². The summed E-state index contributed by atoms with van der Waals surface area (Å²) in [6.07, 6.45) is 0. The van der Waals surface area contributed by atoms with Gasteiger partial charge in [0.1, 0.15) is 6.04 Å². The Morgan fingerprint density at radius 1 is 1.33 bits per heavy atom. The number of aromatic nitrogens is 2. The second-order valence-electron chi connectivity index (χ2n) is 4.84. The van der Waals surface area contributed by atoms with E-state index in [1.807, 2.05) is 0 Å². The van der Waals surface area contributed by atoms with Gasteiger partial charge in [-0.15, -0.1) is 0 Å². The minimum atomic E-state index is -0.679. The fraction of sp³-hybridized carbons (Fsp3) is 0.267. The highest BCUT2D eigenvalue weighted by atomic mass is 35.5. The quantitative estimate of drug-likeness (QED) is 0.948. The molecule has 1 aromatic carbocycles. The van der Waals surface area contributed by atoms with E-state index in [9.17, 15) is 9.59 Å². The van der Waals surface area contributed by atoms with E-state index < -0.39 is 11.7 Å². The van der Waals surface area contributed by atoms with Crippen molar-refractivity contribution in [2.75, 3.05) is 5.32 Å². The number of nitrogens with zero attached hydrogens (tertiary/aromatic N) is 2. The molecule has 0 aliphatic rings. The smallest absolute Gasteiger partial charge is 0.323 e. The van der Waals surface area contributed by atoms with Crippen LogP contribution in [0, 0.1) is 13.8 Å².